The monoisotopic (exact) mass is 928 g/mol. The predicted octanol–water partition coefficient (Wildman–Crippen LogP) is 16.7. The third kappa shape index (κ3) is 49.2. The van der Waals surface area contributed by atoms with Gasteiger partial charge in [0, 0.05) is 6.42 Å². The molecule has 0 rings (SSSR count). The topological polar surface area (TPSA) is 105 Å². The average Bonchev–Trinajstić information content (AvgIpc) is 3.25. The molecule has 1 amide bonds. The molecule has 0 saturated heterocycles. The van der Waals surface area contributed by atoms with Crippen molar-refractivity contribution < 1.29 is 32.9 Å². The Hall–Kier alpha value is -0.760. The second-order valence-corrected chi connectivity index (χ2v) is 22.1. The zero-order valence-electron chi connectivity index (χ0n) is 43.6. The molecule has 0 aliphatic carbocycles. The molecule has 9 heteroatoms. The molecule has 0 aliphatic heterocycles. The van der Waals surface area contributed by atoms with Crippen LogP contribution in [0.15, 0.2) is 12.2 Å². The summed E-state index contributed by atoms with van der Waals surface area (Å²) in [5.41, 5.74) is 0. The Kier molecular flexibility index (Phi) is 46.8. The first-order chi connectivity index (χ1) is 31.0. The van der Waals surface area contributed by atoms with Gasteiger partial charge in [-0.3, -0.25) is 13.8 Å². The molecule has 0 aliphatic rings. The van der Waals surface area contributed by atoms with Gasteiger partial charge in [-0.05, 0) is 19.3 Å². The maximum atomic E-state index is 13.0. The maximum absolute atomic E-state index is 13.0. The number of likely N-dealkylation sites (N-methyl/N-ethyl adjacent to an activating group) is 1. The minimum absolute atomic E-state index is 0.0651. The molecule has 3 atom stereocenters. The summed E-state index contributed by atoms with van der Waals surface area (Å²) in [6.45, 7) is 4.87. The molecule has 0 bridgehead atoms. The molecule has 0 saturated carbocycles. The Labute approximate surface area is 399 Å². The van der Waals surface area contributed by atoms with Crippen LogP contribution in [0.3, 0.4) is 0 Å². The van der Waals surface area contributed by atoms with Gasteiger partial charge in [0.05, 0.1) is 39.9 Å². The van der Waals surface area contributed by atoms with Gasteiger partial charge in [-0.15, -0.1) is 0 Å². The SMILES string of the molecule is CCCCCCCCCCCCCCCCCCCCCCC/C=C/C(O)C(COP(=O)(O)OCC[N+](C)(C)C)NC(=O)CCCCCCCCCCCCCCCCCCCCC. The molecular weight excluding hydrogens is 816 g/mol. The molecule has 0 spiro atoms. The number of carbonyl (C=O) groups excluding carboxylic acids is 1. The molecule has 3 N–H and O–H groups in total. The Balaban J connectivity index is 4.21. The largest absolute Gasteiger partial charge is 0.472 e. The number of amides is 1. The molecule has 0 aromatic heterocycles. The number of nitrogens with zero attached hydrogens (tertiary/aromatic N) is 1. The summed E-state index contributed by atoms with van der Waals surface area (Å²) in [6, 6.07) is -0.841. The van der Waals surface area contributed by atoms with Crippen molar-refractivity contribution in [2.75, 3.05) is 40.9 Å². The smallest absolute Gasteiger partial charge is 0.387 e. The summed E-state index contributed by atoms with van der Waals surface area (Å²) in [7, 11) is 1.59. The number of hydrogen-bond acceptors (Lipinski definition) is 5. The fraction of sp³-hybridized carbons (Fsp3) is 0.945. The number of aliphatic hydroxyl groups excluding tert-OH is 1. The Bertz CT molecular complexity index is 1050. The molecular formula is C55H112N2O6P+. The second-order valence-electron chi connectivity index (χ2n) is 20.7. The fourth-order valence-corrected chi connectivity index (χ4v) is 9.31. The molecule has 0 heterocycles. The summed E-state index contributed by atoms with van der Waals surface area (Å²) in [4.78, 5) is 23.3. The Morgan fingerprint density at radius 1 is 0.516 bits per heavy atom. The molecule has 3 unspecified atom stereocenters. The maximum Gasteiger partial charge on any atom is 0.472 e. The lowest BCUT2D eigenvalue weighted by Gasteiger charge is -2.25. The van der Waals surface area contributed by atoms with Gasteiger partial charge >= 0.3 is 7.82 Å². The van der Waals surface area contributed by atoms with Gasteiger partial charge in [0.1, 0.15) is 13.2 Å². The predicted molar refractivity (Wildman–Crippen MR) is 277 cm³/mol. The second kappa shape index (κ2) is 47.3. The van der Waals surface area contributed by atoms with Gasteiger partial charge in [0.15, 0.2) is 0 Å². The van der Waals surface area contributed by atoms with E-state index in [4.69, 9.17) is 9.05 Å². The van der Waals surface area contributed by atoms with Crippen LogP contribution >= 0.6 is 7.82 Å². The van der Waals surface area contributed by atoms with Crippen LogP contribution < -0.4 is 5.32 Å². The number of phosphoric ester groups is 1. The number of nitrogens with one attached hydrogen (secondary N) is 1. The zero-order chi connectivity index (χ0) is 47.1. The molecule has 382 valence electrons. The van der Waals surface area contributed by atoms with E-state index in [-0.39, 0.29) is 19.1 Å². The summed E-state index contributed by atoms with van der Waals surface area (Å²) in [6.07, 6.45) is 57.3. The Morgan fingerprint density at radius 2 is 0.828 bits per heavy atom. The van der Waals surface area contributed by atoms with E-state index in [1.807, 2.05) is 27.2 Å². The number of carbonyl (C=O) groups is 1. The van der Waals surface area contributed by atoms with E-state index in [2.05, 4.69) is 19.2 Å². The zero-order valence-corrected chi connectivity index (χ0v) is 44.4. The van der Waals surface area contributed by atoms with Gasteiger partial charge < -0.3 is 19.8 Å². The molecule has 64 heavy (non-hydrogen) atoms. The van der Waals surface area contributed by atoms with E-state index >= 15 is 0 Å². The summed E-state index contributed by atoms with van der Waals surface area (Å²) in [5.74, 6) is -0.170. The van der Waals surface area contributed by atoms with Crippen LogP contribution in [0.5, 0.6) is 0 Å². The number of aliphatic hydroxyl groups is 1. The summed E-state index contributed by atoms with van der Waals surface area (Å²) in [5, 5.41) is 13.9. The van der Waals surface area contributed by atoms with Crippen molar-refractivity contribution in [3.05, 3.63) is 12.2 Å². The van der Waals surface area contributed by atoms with E-state index in [0.717, 1.165) is 32.1 Å². The van der Waals surface area contributed by atoms with Crippen molar-refractivity contribution in [3.8, 4) is 0 Å². The van der Waals surface area contributed by atoms with Crippen LogP contribution in [-0.4, -0.2) is 73.4 Å². The van der Waals surface area contributed by atoms with Crippen molar-refractivity contribution in [1.29, 1.82) is 0 Å². The lowest BCUT2D eigenvalue weighted by Crippen LogP contribution is -2.45. The van der Waals surface area contributed by atoms with Crippen molar-refractivity contribution >= 4 is 13.7 Å². The Morgan fingerprint density at radius 3 is 1.16 bits per heavy atom. The van der Waals surface area contributed by atoms with Crippen LogP contribution in [0.2, 0.25) is 0 Å². The average molecular weight is 928 g/mol. The first-order valence-electron chi connectivity index (χ1n) is 28.1. The van der Waals surface area contributed by atoms with Crippen LogP contribution in [0.1, 0.15) is 284 Å². The molecule has 0 aromatic rings. The van der Waals surface area contributed by atoms with Crippen LogP contribution in [0.25, 0.3) is 0 Å². The van der Waals surface area contributed by atoms with E-state index in [9.17, 15) is 19.4 Å². The van der Waals surface area contributed by atoms with Gasteiger partial charge in [-0.1, -0.05) is 270 Å². The number of rotatable bonds is 52. The lowest BCUT2D eigenvalue weighted by atomic mass is 10.0. The van der Waals surface area contributed by atoms with E-state index in [0.29, 0.717) is 17.4 Å². The van der Waals surface area contributed by atoms with Gasteiger partial charge in [0.2, 0.25) is 5.91 Å². The molecule has 8 nitrogen and oxygen atoms in total. The fourth-order valence-electron chi connectivity index (χ4n) is 8.57. The number of hydrogen-bond donors (Lipinski definition) is 3. The van der Waals surface area contributed by atoms with Gasteiger partial charge in [0.25, 0.3) is 0 Å². The highest BCUT2D eigenvalue weighted by atomic mass is 31.2. The minimum atomic E-state index is -4.34. The highest BCUT2D eigenvalue weighted by Gasteiger charge is 2.27. The molecule has 0 radical (unpaired) electrons. The van der Waals surface area contributed by atoms with Crippen LogP contribution in [-0.2, 0) is 18.4 Å². The van der Waals surface area contributed by atoms with Crippen LogP contribution in [0, 0.1) is 0 Å². The van der Waals surface area contributed by atoms with E-state index in [1.54, 1.807) is 6.08 Å². The standard InChI is InChI=1S/C55H111N2O6P/c1-6-8-10-12-14-16-18-20-22-24-26-27-28-29-31-32-34-36-38-40-42-44-46-48-54(58)53(52-63-64(60,61)62-51-50-57(3,4)5)56-55(59)49-47-45-43-41-39-37-35-33-30-25-23-21-19-17-15-13-11-9-7-2/h46,48,53-54,58H,6-45,47,49-52H2,1-5H3,(H-,56,59,60,61)/p+1/b48-46+. The third-order valence-electron chi connectivity index (χ3n) is 13.0. The van der Waals surface area contributed by atoms with Gasteiger partial charge in [-0.25, -0.2) is 4.57 Å². The van der Waals surface area contributed by atoms with Crippen molar-refractivity contribution in [2.45, 2.75) is 296 Å². The highest BCUT2D eigenvalue weighted by molar-refractivity contribution is 7.47. The first kappa shape index (κ1) is 63.2. The minimum Gasteiger partial charge on any atom is -0.387 e. The summed E-state index contributed by atoms with van der Waals surface area (Å²) >= 11 is 0. The number of unbranched alkanes of at least 4 members (excludes halogenated alkanes) is 39. The quantitative estimate of drug-likeness (QED) is 0.0243. The number of allylic oxidation sites excluding steroid dienone is 1. The molecule has 0 aromatic carbocycles. The van der Waals surface area contributed by atoms with Gasteiger partial charge in [-0.2, -0.15) is 0 Å². The van der Waals surface area contributed by atoms with E-state index in [1.165, 1.54) is 231 Å². The molecule has 0 fully saturated rings. The van der Waals surface area contributed by atoms with Crippen molar-refractivity contribution in [1.82, 2.24) is 5.32 Å². The summed E-state index contributed by atoms with van der Waals surface area (Å²) < 4.78 is 23.7. The first-order valence-corrected chi connectivity index (χ1v) is 29.6. The highest BCUT2D eigenvalue weighted by Crippen LogP contribution is 2.43. The van der Waals surface area contributed by atoms with Crippen molar-refractivity contribution in [2.24, 2.45) is 0 Å². The van der Waals surface area contributed by atoms with Crippen LogP contribution in [0.4, 0.5) is 0 Å². The lowest BCUT2D eigenvalue weighted by molar-refractivity contribution is -0.870. The number of quaternary nitrogens is 1. The van der Waals surface area contributed by atoms with E-state index < -0.39 is 20.0 Å². The normalized spacial score (nSPS) is 14.0. The van der Waals surface area contributed by atoms with Crippen molar-refractivity contribution in [3.63, 3.8) is 0 Å². The third-order valence-corrected chi connectivity index (χ3v) is 14.0. The number of phosphoric acid groups is 1.